The molecule has 0 aliphatic carbocycles. The zero-order valence-corrected chi connectivity index (χ0v) is 13.9. The molecule has 22 heavy (non-hydrogen) atoms. The highest BCUT2D eigenvalue weighted by molar-refractivity contribution is 5.96. The van der Waals surface area contributed by atoms with Gasteiger partial charge in [-0.2, -0.15) is 0 Å². The summed E-state index contributed by atoms with van der Waals surface area (Å²) in [6.45, 7) is 5.28. The average molecular weight is 326 g/mol. The van der Waals surface area contributed by atoms with Crippen LogP contribution in [-0.2, 0) is 4.79 Å². The molecule has 0 aromatic heterocycles. The standard InChI is InChI=1S/C16H23N3O2.ClH/c1-11(12(2)17)15(20)18-14-7-5-13(6-8-14)16(21)19-9-3-4-10-19;/h5-8,11-12H,3-4,9-10,17H2,1-2H3,(H,18,20);1H. The van der Waals surface area contributed by atoms with Gasteiger partial charge in [0.15, 0.2) is 0 Å². The lowest BCUT2D eigenvalue weighted by Gasteiger charge is -2.17. The van der Waals surface area contributed by atoms with Gasteiger partial charge in [0.25, 0.3) is 5.91 Å². The molecule has 1 fully saturated rings. The molecule has 122 valence electrons. The summed E-state index contributed by atoms with van der Waals surface area (Å²) in [7, 11) is 0. The van der Waals surface area contributed by atoms with Crippen molar-refractivity contribution in [2.45, 2.75) is 32.7 Å². The summed E-state index contributed by atoms with van der Waals surface area (Å²) in [5, 5.41) is 2.81. The van der Waals surface area contributed by atoms with Gasteiger partial charge in [0.05, 0.1) is 5.92 Å². The van der Waals surface area contributed by atoms with Crippen LogP contribution < -0.4 is 11.1 Å². The first-order chi connectivity index (χ1) is 9.99. The number of anilines is 1. The van der Waals surface area contributed by atoms with Crippen LogP contribution in [0.1, 0.15) is 37.0 Å². The van der Waals surface area contributed by atoms with E-state index in [1.807, 2.05) is 11.8 Å². The molecule has 0 saturated carbocycles. The zero-order chi connectivity index (χ0) is 15.4. The summed E-state index contributed by atoms with van der Waals surface area (Å²) in [4.78, 5) is 26.0. The van der Waals surface area contributed by atoms with Crippen LogP contribution in [0.25, 0.3) is 0 Å². The fraction of sp³-hybridized carbons (Fsp3) is 0.500. The first-order valence-corrected chi connectivity index (χ1v) is 7.45. The summed E-state index contributed by atoms with van der Waals surface area (Å²) in [5.41, 5.74) is 7.06. The molecule has 1 heterocycles. The third-order valence-electron chi connectivity index (χ3n) is 3.99. The van der Waals surface area contributed by atoms with E-state index in [2.05, 4.69) is 5.32 Å². The fourth-order valence-corrected chi connectivity index (χ4v) is 2.29. The first-order valence-electron chi connectivity index (χ1n) is 7.45. The summed E-state index contributed by atoms with van der Waals surface area (Å²) >= 11 is 0. The lowest BCUT2D eigenvalue weighted by molar-refractivity contribution is -0.119. The predicted octanol–water partition coefficient (Wildman–Crippen LogP) is 2.27. The number of halogens is 1. The molecular formula is C16H24ClN3O2. The van der Waals surface area contributed by atoms with Crippen molar-refractivity contribution in [2.24, 2.45) is 11.7 Å². The molecule has 1 aliphatic heterocycles. The quantitative estimate of drug-likeness (QED) is 0.891. The van der Waals surface area contributed by atoms with E-state index in [4.69, 9.17) is 5.73 Å². The third-order valence-corrected chi connectivity index (χ3v) is 3.99. The minimum Gasteiger partial charge on any atom is -0.339 e. The fourth-order valence-electron chi connectivity index (χ4n) is 2.29. The Morgan fingerprint density at radius 1 is 1.14 bits per heavy atom. The summed E-state index contributed by atoms with van der Waals surface area (Å²) in [6, 6.07) is 6.84. The number of carbonyl (C=O) groups is 2. The molecule has 0 radical (unpaired) electrons. The van der Waals surface area contributed by atoms with Crippen molar-refractivity contribution in [3.05, 3.63) is 29.8 Å². The van der Waals surface area contributed by atoms with Crippen LogP contribution in [0.2, 0.25) is 0 Å². The van der Waals surface area contributed by atoms with E-state index >= 15 is 0 Å². The number of hydrogen-bond donors (Lipinski definition) is 2. The Hall–Kier alpha value is -1.59. The zero-order valence-electron chi connectivity index (χ0n) is 13.0. The minimum atomic E-state index is -0.254. The Morgan fingerprint density at radius 2 is 1.68 bits per heavy atom. The Morgan fingerprint density at radius 3 is 2.18 bits per heavy atom. The Labute approximate surface area is 137 Å². The monoisotopic (exact) mass is 325 g/mol. The van der Waals surface area contributed by atoms with Crippen molar-refractivity contribution in [3.63, 3.8) is 0 Å². The Balaban J connectivity index is 0.00000242. The van der Waals surface area contributed by atoms with Crippen LogP contribution in [-0.4, -0.2) is 35.8 Å². The van der Waals surface area contributed by atoms with Gasteiger partial charge in [-0.25, -0.2) is 0 Å². The Kier molecular flexibility index (Phi) is 6.84. The minimum absolute atomic E-state index is 0. The summed E-state index contributed by atoms with van der Waals surface area (Å²) in [5.74, 6) is -0.297. The number of amides is 2. The molecule has 5 nitrogen and oxygen atoms in total. The van der Waals surface area contributed by atoms with Crippen molar-refractivity contribution in [2.75, 3.05) is 18.4 Å². The van der Waals surface area contributed by atoms with Crippen LogP contribution in [0.5, 0.6) is 0 Å². The van der Waals surface area contributed by atoms with Crippen molar-refractivity contribution in [3.8, 4) is 0 Å². The number of nitrogens with zero attached hydrogens (tertiary/aromatic N) is 1. The summed E-state index contributed by atoms with van der Waals surface area (Å²) in [6.07, 6.45) is 2.16. The molecular weight excluding hydrogens is 302 g/mol. The molecule has 6 heteroatoms. The maximum Gasteiger partial charge on any atom is 0.253 e. The van der Waals surface area contributed by atoms with E-state index in [1.165, 1.54) is 0 Å². The highest BCUT2D eigenvalue weighted by Crippen LogP contribution is 2.16. The number of likely N-dealkylation sites (tertiary alicyclic amines) is 1. The molecule has 1 aromatic carbocycles. The highest BCUT2D eigenvalue weighted by Gasteiger charge is 2.20. The number of rotatable bonds is 4. The molecule has 2 atom stereocenters. The lowest BCUT2D eigenvalue weighted by Crippen LogP contribution is -2.34. The SMILES string of the molecule is CC(N)C(C)C(=O)Nc1ccc(C(=O)N2CCCC2)cc1.Cl. The molecule has 2 rings (SSSR count). The smallest absolute Gasteiger partial charge is 0.253 e. The number of carbonyl (C=O) groups excluding carboxylic acids is 2. The second kappa shape index (κ2) is 8.15. The maximum absolute atomic E-state index is 12.2. The van der Waals surface area contributed by atoms with E-state index in [9.17, 15) is 9.59 Å². The highest BCUT2D eigenvalue weighted by atomic mass is 35.5. The van der Waals surface area contributed by atoms with Crippen molar-refractivity contribution in [1.29, 1.82) is 0 Å². The molecule has 3 N–H and O–H groups in total. The van der Waals surface area contributed by atoms with Gasteiger partial charge >= 0.3 is 0 Å². The largest absolute Gasteiger partial charge is 0.339 e. The van der Waals surface area contributed by atoms with Gasteiger partial charge in [0.2, 0.25) is 5.91 Å². The van der Waals surface area contributed by atoms with Gasteiger partial charge in [0, 0.05) is 30.4 Å². The third kappa shape index (κ3) is 4.45. The molecule has 1 aromatic rings. The van der Waals surface area contributed by atoms with Gasteiger partial charge < -0.3 is 16.0 Å². The van der Waals surface area contributed by atoms with E-state index < -0.39 is 0 Å². The number of nitrogens with one attached hydrogen (secondary N) is 1. The topological polar surface area (TPSA) is 75.4 Å². The first kappa shape index (κ1) is 18.5. The van der Waals surface area contributed by atoms with Crippen LogP contribution in [0.4, 0.5) is 5.69 Å². The number of benzene rings is 1. The molecule has 1 saturated heterocycles. The van der Waals surface area contributed by atoms with E-state index in [-0.39, 0.29) is 36.2 Å². The van der Waals surface area contributed by atoms with Gasteiger partial charge in [-0.1, -0.05) is 6.92 Å². The molecule has 1 aliphatic rings. The molecule has 2 unspecified atom stereocenters. The van der Waals surface area contributed by atoms with Crippen molar-refractivity contribution >= 4 is 29.9 Å². The van der Waals surface area contributed by atoms with Crippen LogP contribution >= 0.6 is 12.4 Å². The van der Waals surface area contributed by atoms with Gasteiger partial charge in [-0.3, -0.25) is 9.59 Å². The van der Waals surface area contributed by atoms with E-state index in [0.717, 1.165) is 25.9 Å². The molecule has 2 amide bonds. The average Bonchev–Trinajstić information content (AvgIpc) is 3.00. The van der Waals surface area contributed by atoms with Crippen LogP contribution in [0.3, 0.4) is 0 Å². The second-order valence-electron chi connectivity index (χ2n) is 5.71. The molecule has 0 bridgehead atoms. The van der Waals surface area contributed by atoms with Crippen molar-refractivity contribution in [1.82, 2.24) is 4.90 Å². The van der Waals surface area contributed by atoms with Gasteiger partial charge in [-0.05, 0) is 44.0 Å². The van der Waals surface area contributed by atoms with E-state index in [0.29, 0.717) is 11.3 Å². The maximum atomic E-state index is 12.2. The normalized spacial score (nSPS) is 16.6. The molecule has 0 spiro atoms. The van der Waals surface area contributed by atoms with Crippen LogP contribution in [0, 0.1) is 5.92 Å². The van der Waals surface area contributed by atoms with E-state index in [1.54, 1.807) is 31.2 Å². The van der Waals surface area contributed by atoms with Gasteiger partial charge in [0.1, 0.15) is 0 Å². The summed E-state index contributed by atoms with van der Waals surface area (Å²) < 4.78 is 0. The van der Waals surface area contributed by atoms with Crippen LogP contribution in [0.15, 0.2) is 24.3 Å². The Bertz CT molecular complexity index is 511. The van der Waals surface area contributed by atoms with Crippen molar-refractivity contribution < 1.29 is 9.59 Å². The predicted molar refractivity (Wildman–Crippen MR) is 90.3 cm³/mol. The van der Waals surface area contributed by atoms with Gasteiger partial charge in [-0.15, -0.1) is 12.4 Å². The second-order valence-corrected chi connectivity index (χ2v) is 5.71. The lowest BCUT2D eigenvalue weighted by atomic mass is 10.0. The number of hydrogen-bond acceptors (Lipinski definition) is 3. The number of nitrogens with two attached hydrogens (primary N) is 1.